The van der Waals surface area contributed by atoms with E-state index in [2.05, 4.69) is 26.1 Å². The first-order chi connectivity index (χ1) is 18.0. The van der Waals surface area contributed by atoms with Gasteiger partial charge in [0.1, 0.15) is 6.04 Å². The normalized spacial score (nSPS) is 11.9. The molecule has 37 heavy (non-hydrogen) atoms. The molecule has 0 aliphatic carbocycles. The van der Waals surface area contributed by atoms with E-state index in [-0.39, 0.29) is 24.7 Å². The molecular weight excluding hydrogens is 464 g/mol. The van der Waals surface area contributed by atoms with Gasteiger partial charge in [-0.25, -0.2) is 0 Å². The van der Waals surface area contributed by atoms with Gasteiger partial charge >= 0.3 is 5.97 Å². The Balaban J connectivity index is 4.76. The summed E-state index contributed by atoms with van der Waals surface area (Å²) in [5.41, 5.74) is 0. The predicted molar refractivity (Wildman–Crippen MR) is 155 cm³/mol. The number of hydrogen-bond acceptors (Lipinski definition) is 3. The number of carboxylic acid groups (broad SMARTS) is 1. The van der Waals surface area contributed by atoms with Gasteiger partial charge in [0.25, 0.3) is 0 Å². The summed E-state index contributed by atoms with van der Waals surface area (Å²) < 4.78 is 0. The number of aliphatic carboxylic acids is 1. The highest BCUT2D eigenvalue weighted by Crippen LogP contribution is 2.13. The lowest BCUT2D eigenvalue weighted by Gasteiger charge is -2.28. The van der Waals surface area contributed by atoms with Crippen molar-refractivity contribution >= 4 is 17.8 Å². The van der Waals surface area contributed by atoms with Gasteiger partial charge < -0.3 is 15.3 Å². The smallest absolute Gasteiger partial charge is 0.303 e. The second kappa shape index (κ2) is 26.0. The molecule has 0 aromatic rings. The molecule has 0 aliphatic heterocycles. The van der Waals surface area contributed by atoms with Crippen LogP contribution in [0.5, 0.6) is 0 Å². The molecule has 0 bridgehead atoms. The fourth-order valence-corrected chi connectivity index (χ4v) is 4.75. The van der Waals surface area contributed by atoms with Crippen LogP contribution in [0.15, 0.2) is 0 Å². The van der Waals surface area contributed by atoms with Gasteiger partial charge in [0.15, 0.2) is 0 Å². The van der Waals surface area contributed by atoms with Crippen molar-refractivity contribution in [2.75, 3.05) is 13.1 Å². The molecule has 0 heterocycles. The maximum Gasteiger partial charge on any atom is 0.303 e. The van der Waals surface area contributed by atoms with Crippen molar-refractivity contribution in [3.05, 3.63) is 0 Å². The number of nitrogens with one attached hydrogen (secondary N) is 1. The van der Waals surface area contributed by atoms with E-state index in [4.69, 9.17) is 0 Å². The number of carboxylic acids is 1. The maximum absolute atomic E-state index is 13.5. The summed E-state index contributed by atoms with van der Waals surface area (Å²) in [4.78, 5) is 39.3. The Hall–Kier alpha value is -1.59. The van der Waals surface area contributed by atoms with Gasteiger partial charge in [-0.2, -0.15) is 0 Å². The van der Waals surface area contributed by atoms with Crippen molar-refractivity contribution < 1.29 is 19.5 Å². The van der Waals surface area contributed by atoms with Crippen molar-refractivity contribution in [2.24, 2.45) is 0 Å². The summed E-state index contributed by atoms with van der Waals surface area (Å²) in [6.45, 7) is 7.99. The monoisotopic (exact) mass is 524 g/mol. The molecule has 0 fully saturated rings. The first kappa shape index (κ1) is 35.4. The molecule has 0 rings (SSSR count). The van der Waals surface area contributed by atoms with Crippen LogP contribution in [0.1, 0.15) is 162 Å². The summed E-state index contributed by atoms with van der Waals surface area (Å²) >= 11 is 0. The van der Waals surface area contributed by atoms with Crippen LogP contribution in [-0.4, -0.2) is 46.9 Å². The first-order valence-corrected chi connectivity index (χ1v) is 15.8. The van der Waals surface area contributed by atoms with Crippen LogP contribution in [-0.2, 0) is 14.4 Å². The van der Waals surface area contributed by atoms with Gasteiger partial charge in [0.2, 0.25) is 11.8 Å². The average molecular weight is 525 g/mol. The Kier molecular flexibility index (Phi) is 24.9. The van der Waals surface area contributed by atoms with E-state index in [1.165, 1.54) is 77.0 Å². The molecule has 218 valence electrons. The molecule has 0 spiro atoms. The van der Waals surface area contributed by atoms with E-state index >= 15 is 0 Å². The lowest BCUT2D eigenvalue weighted by molar-refractivity contribution is -0.139. The third-order valence-electron chi connectivity index (χ3n) is 7.16. The molecule has 0 saturated heterocycles. The second-order valence-electron chi connectivity index (χ2n) is 10.8. The molecule has 1 atom stereocenters. The topological polar surface area (TPSA) is 86.7 Å². The van der Waals surface area contributed by atoms with E-state index in [0.717, 1.165) is 44.9 Å². The summed E-state index contributed by atoms with van der Waals surface area (Å²) in [6, 6.07) is -0.742. The van der Waals surface area contributed by atoms with Gasteiger partial charge in [0, 0.05) is 25.9 Å². The van der Waals surface area contributed by atoms with Gasteiger partial charge in [-0.3, -0.25) is 14.4 Å². The Bertz CT molecular complexity index is 553. The first-order valence-electron chi connectivity index (χ1n) is 15.8. The summed E-state index contributed by atoms with van der Waals surface area (Å²) in [7, 11) is 0. The number of unbranched alkanes of at least 4 members (excludes halogenated alkanes) is 16. The number of rotatable bonds is 27. The molecule has 0 unspecified atom stereocenters. The number of hydrogen-bond donors (Lipinski definition) is 2. The Labute approximate surface area is 228 Å². The van der Waals surface area contributed by atoms with E-state index in [0.29, 0.717) is 19.5 Å². The minimum absolute atomic E-state index is 0.104. The van der Waals surface area contributed by atoms with Crippen molar-refractivity contribution in [1.82, 2.24) is 10.2 Å². The Morgan fingerprint density at radius 2 is 1.00 bits per heavy atom. The van der Waals surface area contributed by atoms with Gasteiger partial charge in [-0.1, -0.05) is 124 Å². The molecule has 0 radical (unpaired) electrons. The molecule has 0 aliphatic rings. The Morgan fingerprint density at radius 1 is 0.595 bits per heavy atom. The van der Waals surface area contributed by atoms with Crippen molar-refractivity contribution in [2.45, 2.75) is 168 Å². The zero-order valence-corrected chi connectivity index (χ0v) is 24.7. The van der Waals surface area contributed by atoms with Crippen LogP contribution in [0.25, 0.3) is 0 Å². The third kappa shape index (κ3) is 22.1. The standard InChI is InChI=1S/C31H60N2O4/c1-4-7-10-13-14-15-16-17-20-23-29(34)32-28(24-25-30(35)36)31(37)33(26-21-18-11-8-5-2)27-22-19-12-9-6-3/h28H,4-27H2,1-3H3,(H,32,34)(H,35,36)/t28-/m0/s1. The van der Waals surface area contributed by atoms with Gasteiger partial charge in [0.05, 0.1) is 0 Å². The van der Waals surface area contributed by atoms with Crippen molar-refractivity contribution in [3.63, 3.8) is 0 Å². The second-order valence-corrected chi connectivity index (χ2v) is 10.8. The molecule has 2 amide bonds. The van der Waals surface area contributed by atoms with Crippen molar-refractivity contribution in [3.8, 4) is 0 Å². The minimum atomic E-state index is -0.934. The minimum Gasteiger partial charge on any atom is -0.481 e. The fourth-order valence-electron chi connectivity index (χ4n) is 4.75. The zero-order valence-electron chi connectivity index (χ0n) is 24.7. The zero-order chi connectivity index (χ0) is 27.6. The molecule has 2 N–H and O–H groups in total. The average Bonchev–Trinajstić information content (AvgIpc) is 2.88. The van der Waals surface area contributed by atoms with Crippen LogP contribution < -0.4 is 5.32 Å². The largest absolute Gasteiger partial charge is 0.481 e. The van der Waals surface area contributed by atoms with E-state index in [1.54, 1.807) is 0 Å². The van der Waals surface area contributed by atoms with Crippen LogP contribution in [0.2, 0.25) is 0 Å². The molecule has 6 nitrogen and oxygen atoms in total. The predicted octanol–water partition coefficient (Wildman–Crippen LogP) is 8.03. The van der Waals surface area contributed by atoms with E-state index < -0.39 is 12.0 Å². The SMILES string of the molecule is CCCCCCCCCCCC(=O)N[C@@H](CCC(=O)O)C(=O)N(CCCCCCC)CCCCCCC. The number of carbonyl (C=O) groups is 3. The highest BCUT2D eigenvalue weighted by Gasteiger charge is 2.26. The number of carbonyl (C=O) groups excluding carboxylic acids is 2. The van der Waals surface area contributed by atoms with Crippen molar-refractivity contribution in [1.29, 1.82) is 0 Å². The molecule has 0 aromatic heterocycles. The highest BCUT2D eigenvalue weighted by molar-refractivity contribution is 5.88. The molecular formula is C31H60N2O4. The number of nitrogens with zero attached hydrogens (tertiary/aromatic N) is 1. The third-order valence-corrected chi connectivity index (χ3v) is 7.16. The molecule has 0 aromatic carbocycles. The summed E-state index contributed by atoms with van der Waals surface area (Å²) in [5.74, 6) is -1.16. The summed E-state index contributed by atoms with van der Waals surface area (Å²) in [5, 5.41) is 12.1. The molecule has 6 heteroatoms. The van der Waals surface area contributed by atoms with Crippen LogP contribution in [0, 0.1) is 0 Å². The van der Waals surface area contributed by atoms with Crippen LogP contribution in [0.4, 0.5) is 0 Å². The maximum atomic E-state index is 13.5. The lowest BCUT2D eigenvalue weighted by Crippen LogP contribution is -2.49. The Morgan fingerprint density at radius 3 is 1.43 bits per heavy atom. The highest BCUT2D eigenvalue weighted by atomic mass is 16.4. The lowest BCUT2D eigenvalue weighted by atomic mass is 10.1. The fraction of sp³-hybridized carbons (Fsp3) is 0.903. The van der Waals surface area contributed by atoms with Gasteiger partial charge in [-0.15, -0.1) is 0 Å². The van der Waals surface area contributed by atoms with Crippen LogP contribution >= 0.6 is 0 Å². The van der Waals surface area contributed by atoms with Gasteiger partial charge in [-0.05, 0) is 25.7 Å². The number of amides is 2. The quantitative estimate of drug-likeness (QED) is 0.106. The van der Waals surface area contributed by atoms with Crippen LogP contribution in [0.3, 0.4) is 0 Å². The summed E-state index contributed by atoms with van der Waals surface area (Å²) in [6.07, 6.45) is 22.4. The molecule has 0 saturated carbocycles. The van der Waals surface area contributed by atoms with E-state index in [9.17, 15) is 19.5 Å². The van der Waals surface area contributed by atoms with E-state index in [1.807, 2.05) is 4.90 Å².